The summed E-state index contributed by atoms with van der Waals surface area (Å²) in [6, 6.07) is 9.12. The predicted octanol–water partition coefficient (Wildman–Crippen LogP) is 5.37. The molecule has 5 nitrogen and oxygen atoms in total. The molecule has 2 aromatic rings. The third-order valence-corrected chi connectivity index (χ3v) is 5.69. The number of hydrogen-bond acceptors (Lipinski definition) is 4. The van der Waals surface area contributed by atoms with E-state index >= 15 is 0 Å². The molecule has 1 heterocycles. The Bertz CT molecular complexity index is 929. The van der Waals surface area contributed by atoms with E-state index in [-0.39, 0.29) is 24.8 Å². The van der Waals surface area contributed by atoms with Crippen molar-refractivity contribution in [1.29, 1.82) is 0 Å². The number of benzene rings is 2. The molecular formula is C25H31F3N2O3. The Morgan fingerprint density at radius 2 is 1.73 bits per heavy atom. The lowest BCUT2D eigenvalue weighted by molar-refractivity contribution is 0.0598. The van der Waals surface area contributed by atoms with Crippen molar-refractivity contribution in [2.24, 2.45) is 5.92 Å². The van der Waals surface area contributed by atoms with E-state index in [1.54, 1.807) is 0 Å². The molecule has 0 bridgehead atoms. The average Bonchev–Trinajstić information content (AvgIpc) is 2.80. The fourth-order valence-corrected chi connectivity index (χ4v) is 3.69. The summed E-state index contributed by atoms with van der Waals surface area (Å²) in [4.78, 5) is 16.5. The first-order chi connectivity index (χ1) is 15.7. The minimum atomic E-state index is -1.54. The zero-order valence-electron chi connectivity index (χ0n) is 19.3. The van der Waals surface area contributed by atoms with Crippen molar-refractivity contribution in [3.05, 3.63) is 65.0 Å². The van der Waals surface area contributed by atoms with E-state index in [1.165, 1.54) is 11.0 Å². The Morgan fingerprint density at radius 3 is 2.36 bits per heavy atom. The molecule has 0 aromatic heterocycles. The van der Waals surface area contributed by atoms with E-state index in [4.69, 9.17) is 9.47 Å². The largest absolute Gasteiger partial charge is 0.493 e. The second-order valence-electron chi connectivity index (χ2n) is 8.90. The molecule has 2 aromatic carbocycles. The molecule has 1 fully saturated rings. The zero-order chi connectivity index (χ0) is 24.0. The first kappa shape index (κ1) is 24.9. The minimum absolute atomic E-state index is 0.0344. The summed E-state index contributed by atoms with van der Waals surface area (Å²) >= 11 is 0. The summed E-state index contributed by atoms with van der Waals surface area (Å²) in [5.41, 5.74) is 0.694. The molecule has 0 unspecified atom stereocenters. The smallest absolute Gasteiger partial charge is 0.410 e. The monoisotopic (exact) mass is 464 g/mol. The summed E-state index contributed by atoms with van der Waals surface area (Å²) in [6.45, 7) is 6.12. The lowest BCUT2D eigenvalue weighted by Crippen LogP contribution is -2.46. The average molecular weight is 465 g/mol. The second kappa shape index (κ2) is 11.4. The van der Waals surface area contributed by atoms with Crippen LogP contribution in [0.3, 0.4) is 0 Å². The van der Waals surface area contributed by atoms with E-state index in [0.717, 1.165) is 30.5 Å². The highest BCUT2D eigenvalue weighted by Crippen LogP contribution is 2.23. The number of carbonyl (C=O) groups excluding carboxylic acids is 1. The summed E-state index contributed by atoms with van der Waals surface area (Å²) < 4.78 is 52.6. The number of piperidine rings is 1. The molecule has 1 aliphatic heterocycles. The van der Waals surface area contributed by atoms with Crippen LogP contribution in [-0.2, 0) is 17.9 Å². The first-order valence-electron chi connectivity index (χ1n) is 11.2. The summed E-state index contributed by atoms with van der Waals surface area (Å²) in [6.07, 6.45) is 0.742. The molecule has 0 spiro atoms. The maximum atomic E-state index is 14.3. The van der Waals surface area contributed by atoms with Crippen LogP contribution >= 0.6 is 0 Å². The normalized spacial score (nSPS) is 15.0. The molecule has 0 atom stereocenters. The number of halogens is 3. The van der Waals surface area contributed by atoms with Gasteiger partial charge in [-0.2, -0.15) is 0 Å². The lowest BCUT2D eigenvalue weighted by Gasteiger charge is -2.36. The molecule has 3 rings (SSSR count). The van der Waals surface area contributed by atoms with Gasteiger partial charge in [-0.05, 0) is 62.7 Å². The van der Waals surface area contributed by atoms with Gasteiger partial charge in [0.1, 0.15) is 12.4 Å². The van der Waals surface area contributed by atoms with Crippen LogP contribution < -0.4 is 4.74 Å². The van der Waals surface area contributed by atoms with E-state index in [2.05, 4.69) is 18.7 Å². The Kier molecular flexibility index (Phi) is 8.61. The van der Waals surface area contributed by atoms with Crippen molar-refractivity contribution < 1.29 is 27.4 Å². The maximum Gasteiger partial charge on any atom is 0.410 e. The Balaban J connectivity index is 1.68. The molecule has 1 saturated heterocycles. The van der Waals surface area contributed by atoms with E-state index in [9.17, 15) is 18.0 Å². The molecule has 0 aliphatic carbocycles. The van der Waals surface area contributed by atoms with Gasteiger partial charge in [0.15, 0.2) is 17.5 Å². The summed E-state index contributed by atoms with van der Waals surface area (Å²) in [5, 5.41) is 0. The number of amides is 1. The van der Waals surface area contributed by atoms with Crippen molar-refractivity contribution in [3.8, 4) is 5.75 Å². The lowest BCUT2D eigenvalue weighted by atomic mass is 10.0. The van der Waals surface area contributed by atoms with Crippen LogP contribution in [0.5, 0.6) is 5.75 Å². The number of ether oxygens (including phenoxy) is 2. The molecule has 0 radical (unpaired) electrons. The summed E-state index contributed by atoms with van der Waals surface area (Å²) in [5.74, 6) is -2.93. The van der Waals surface area contributed by atoms with Crippen LogP contribution in [-0.4, -0.2) is 48.7 Å². The SMILES string of the molecule is CC(C)COc1ccc(COC(=O)N(Cc2ccc(F)c(F)c2F)C2CCN(C)CC2)cc1. The van der Waals surface area contributed by atoms with Crippen molar-refractivity contribution in [3.63, 3.8) is 0 Å². The third kappa shape index (κ3) is 6.87. The minimum Gasteiger partial charge on any atom is -0.493 e. The Labute approximate surface area is 193 Å². The topological polar surface area (TPSA) is 42.0 Å². The number of carbonyl (C=O) groups is 1. The molecule has 8 heteroatoms. The second-order valence-corrected chi connectivity index (χ2v) is 8.90. The van der Waals surface area contributed by atoms with E-state index in [1.807, 2.05) is 31.3 Å². The van der Waals surface area contributed by atoms with Crippen LogP contribution in [0, 0.1) is 23.4 Å². The van der Waals surface area contributed by atoms with E-state index < -0.39 is 23.5 Å². The highest BCUT2D eigenvalue weighted by atomic mass is 19.2. The molecule has 1 aliphatic rings. The van der Waals surface area contributed by atoms with Crippen molar-refractivity contribution in [2.45, 2.75) is 45.9 Å². The predicted molar refractivity (Wildman–Crippen MR) is 119 cm³/mol. The van der Waals surface area contributed by atoms with Crippen LogP contribution in [0.1, 0.15) is 37.8 Å². The van der Waals surface area contributed by atoms with Gasteiger partial charge in [0.25, 0.3) is 0 Å². The zero-order valence-corrected chi connectivity index (χ0v) is 19.3. The molecule has 0 saturated carbocycles. The van der Waals surface area contributed by atoms with Gasteiger partial charge in [-0.15, -0.1) is 0 Å². The van der Waals surface area contributed by atoms with Gasteiger partial charge in [-0.3, -0.25) is 0 Å². The van der Waals surface area contributed by atoms with Gasteiger partial charge >= 0.3 is 6.09 Å². The number of nitrogens with zero attached hydrogens (tertiary/aromatic N) is 2. The Hall–Kier alpha value is -2.74. The fraction of sp³-hybridized carbons (Fsp3) is 0.480. The molecule has 1 amide bonds. The summed E-state index contributed by atoms with van der Waals surface area (Å²) in [7, 11) is 1.99. The highest BCUT2D eigenvalue weighted by Gasteiger charge is 2.29. The highest BCUT2D eigenvalue weighted by molar-refractivity contribution is 5.68. The van der Waals surface area contributed by atoms with Crippen molar-refractivity contribution in [1.82, 2.24) is 9.80 Å². The van der Waals surface area contributed by atoms with Crippen molar-refractivity contribution >= 4 is 6.09 Å². The van der Waals surface area contributed by atoms with Gasteiger partial charge < -0.3 is 19.3 Å². The van der Waals surface area contributed by atoms with Gasteiger partial charge in [0.2, 0.25) is 0 Å². The van der Waals surface area contributed by atoms with Gasteiger partial charge in [-0.1, -0.05) is 32.0 Å². The number of rotatable bonds is 8. The Morgan fingerprint density at radius 1 is 1.06 bits per heavy atom. The van der Waals surface area contributed by atoms with Gasteiger partial charge in [0.05, 0.1) is 13.2 Å². The van der Waals surface area contributed by atoms with Crippen LogP contribution in [0.25, 0.3) is 0 Å². The van der Waals surface area contributed by atoms with Crippen molar-refractivity contribution in [2.75, 3.05) is 26.7 Å². The third-order valence-electron chi connectivity index (χ3n) is 5.69. The van der Waals surface area contributed by atoms with Gasteiger partial charge in [0, 0.05) is 11.6 Å². The fourth-order valence-electron chi connectivity index (χ4n) is 3.69. The van der Waals surface area contributed by atoms with Crippen LogP contribution in [0.4, 0.5) is 18.0 Å². The van der Waals surface area contributed by atoms with Gasteiger partial charge in [-0.25, -0.2) is 18.0 Å². The first-order valence-corrected chi connectivity index (χ1v) is 11.2. The van der Waals surface area contributed by atoms with Crippen LogP contribution in [0.2, 0.25) is 0 Å². The quantitative estimate of drug-likeness (QED) is 0.493. The maximum absolute atomic E-state index is 14.3. The molecular weight excluding hydrogens is 433 g/mol. The molecule has 0 N–H and O–H groups in total. The standard InChI is InChI=1S/C25H31F3N2O3/c1-17(2)15-32-21-7-4-18(5-8-21)16-33-25(31)30(20-10-12-29(3)13-11-20)14-19-6-9-22(26)24(28)23(19)27/h4-9,17,20H,10-16H2,1-3H3. The van der Waals surface area contributed by atoms with E-state index in [0.29, 0.717) is 25.4 Å². The number of hydrogen-bond donors (Lipinski definition) is 0. The van der Waals surface area contributed by atoms with Crippen LogP contribution in [0.15, 0.2) is 36.4 Å². The number of likely N-dealkylation sites (tertiary alicyclic amines) is 1. The molecule has 180 valence electrons. The molecule has 33 heavy (non-hydrogen) atoms.